The highest BCUT2D eigenvalue weighted by Gasteiger charge is 2.36. The molecule has 3 nitrogen and oxygen atoms in total. The Balaban J connectivity index is 2.10. The minimum Gasteiger partial charge on any atom is -0.464 e. The molecule has 144 valence electrons. The number of hydrogen-bond donors (Lipinski definition) is 1. The highest BCUT2D eigenvalue weighted by Crippen LogP contribution is 2.45. The van der Waals surface area contributed by atoms with Crippen LogP contribution in [0.4, 0.5) is 18.9 Å². The maximum absolute atomic E-state index is 13.1. The van der Waals surface area contributed by atoms with Crippen molar-refractivity contribution in [2.24, 2.45) is 0 Å². The molecule has 3 rings (SSSR count). The predicted molar refractivity (Wildman–Crippen MR) is 98.4 cm³/mol. The van der Waals surface area contributed by atoms with Gasteiger partial charge in [-0.05, 0) is 37.1 Å². The summed E-state index contributed by atoms with van der Waals surface area (Å²) in [5.74, 6) is -0.987. The van der Waals surface area contributed by atoms with Gasteiger partial charge in [0.2, 0.25) is 0 Å². The summed E-state index contributed by atoms with van der Waals surface area (Å²) in [6, 6.07) is 7.48. The molecule has 2 atom stereocenters. The maximum atomic E-state index is 13.1. The van der Waals surface area contributed by atoms with Gasteiger partial charge in [0.15, 0.2) is 0 Å². The lowest BCUT2D eigenvalue weighted by atomic mass is 9.81. The van der Waals surface area contributed by atoms with Crippen LogP contribution in [0, 0.1) is 0 Å². The van der Waals surface area contributed by atoms with Crippen LogP contribution in [0.15, 0.2) is 36.4 Å². The number of carbonyl (C=O) groups excluding carboxylic acids is 1. The average molecular weight is 418 g/mol. The Morgan fingerprint density at radius 1 is 1.26 bits per heavy atom. The average Bonchev–Trinajstić information content (AvgIpc) is 2.60. The van der Waals surface area contributed by atoms with E-state index in [1.807, 2.05) is 0 Å². The maximum Gasteiger partial charge on any atom is 0.416 e. The van der Waals surface area contributed by atoms with E-state index in [9.17, 15) is 18.0 Å². The van der Waals surface area contributed by atoms with Crippen molar-refractivity contribution in [3.8, 4) is 0 Å². The topological polar surface area (TPSA) is 38.3 Å². The van der Waals surface area contributed by atoms with Crippen molar-refractivity contribution in [2.75, 3.05) is 11.9 Å². The minimum atomic E-state index is -4.46. The third kappa shape index (κ3) is 4.17. The second-order valence-corrected chi connectivity index (χ2v) is 7.05. The van der Waals surface area contributed by atoms with Crippen LogP contribution in [0.2, 0.25) is 10.0 Å². The van der Waals surface area contributed by atoms with E-state index in [4.69, 9.17) is 27.9 Å². The van der Waals surface area contributed by atoms with Gasteiger partial charge in [0.1, 0.15) is 6.04 Å². The molecule has 1 aliphatic heterocycles. The predicted octanol–water partition coefficient (Wildman–Crippen LogP) is 5.89. The van der Waals surface area contributed by atoms with Crippen molar-refractivity contribution in [3.63, 3.8) is 0 Å². The highest BCUT2D eigenvalue weighted by molar-refractivity contribution is 6.35. The summed E-state index contributed by atoms with van der Waals surface area (Å²) >= 11 is 12.4. The number of anilines is 1. The zero-order valence-electron chi connectivity index (χ0n) is 14.2. The molecule has 1 aliphatic rings. The van der Waals surface area contributed by atoms with Gasteiger partial charge in [0.25, 0.3) is 0 Å². The lowest BCUT2D eigenvalue weighted by Crippen LogP contribution is -2.37. The first-order valence-corrected chi connectivity index (χ1v) is 9.05. The fourth-order valence-electron chi connectivity index (χ4n) is 3.29. The summed E-state index contributed by atoms with van der Waals surface area (Å²) in [4.78, 5) is 12.3. The van der Waals surface area contributed by atoms with Crippen LogP contribution in [0.5, 0.6) is 0 Å². The molecule has 0 amide bonds. The Morgan fingerprint density at radius 2 is 2.00 bits per heavy atom. The van der Waals surface area contributed by atoms with Gasteiger partial charge in [-0.2, -0.15) is 13.2 Å². The van der Waals surface area contributed by atoms with Gasteiger partial charge < -0.3 is 10.1 Å². The third-order valence-electron chi connectivity index (χ3n) is 4.43. The Kier molecular flexibility index (Phi) is 5.58. The monoisotopic (exact) mass is 417 g/mol. The number of rotatable bonds is 3. The molecule has 0 saturated heterocycles. The molecule has 27 heavy (non-hydrogen) atoms. The second-order valence-electron chi connectivity index (χ2n) is 6.21. The number of hydrogen-bond acceptors (Lipinski definition) is 3. The van der Waals surface area contributed by atoms with Crippen LogP contribution in [-0.2, 0) is 15.7 Å². The van der Waals surface area contributed by atoms with Crippen molar-refractivity contribution in [1.82, 2.24) is 0 Å². The van der Waals surface area contributed by atoms with Gasteiger partial charge >= 0.3 is 12.1 Å². The van der Waals surface area contributed by atoms with Gasteiger partial charge in [-0.25, -0.2) is 4.79 Å². The molecule has 1 heterocycles. The van der Waals surface area contributed by atoms with E-state index in [0.29, 0.717) is 26.9 Å². The van der Waals surface area contributed by atoms with Crippen LogP contribution in [0.1, 0.15) is 36.0 Å². The lowest BCUT2D eigenvalue weighted by molar-refractivity contribution is -0.144. The number of carbonyl (C=O) groups is 1. The number of fused-ring (bicyclic) bond motifs is 1. The van der Waals surface area contributed by atoms with Crippen LogP contribution in [0.3, 0.4) is 0 Å². The number of benzene rings is 2. The van der Waals surface area contributed by atoms with Crippen LogP contribution < -0.4 is 5.32 Å². The van der Waals surface area contributed by atoms with Crippen molar-refractivity contribution in [2.45, 2.75) is 31.5 Å². The van der Waals surface area contributed by atoms with Gasteiger partial charge in [0.05, 0.1) is 12.2 Å². The highest BCUT2D eigenvalue weighted by atomic mass is 35.5. The molecule has 0 radical (unpaired) electrons. The normalized spacial score (nSPS) is 19.2. The summed E-state index contributed by atoms with van der Waals surface area (Å²) in [6.07, 6.45) is -4.25. The summed E-state index contributed by atoms with van der Waals surface area (Å²) in [6.45, 7) is 1.89. The lowest BCUT2D eigenvalue weighted by Gasteiger charge is -2.33. The summed E-state index contributed by atoms with van der Waals surface area (Å²) in [5, 5.41) is 3.73. The molecule has 8 heteroatoms. The molecular formula is C19H16Cl2F3NO2. The number of alkyl halides is 3. The van der Waals surface area contributed by atoms with Gasteiger partial charge in [-0.3, -0.25) is 0 Å². The van der Waals surface area contributed by atoms with Crippen LogP contribution in [0.25, 0.3) is 0 Å². The molecule has 2 aromatic rings. The Morgan fingerprint density at radius 3 is 2.67 bits per heavy atom. The van der Waals surface area contributed by atoms with E-state index in [0.717, 1.165) is 12.1 Å². The van der Waals surface area contributed by atoms with Crippen molar-refractivity contribution < 1.29 is 22.7 Å². The molecule has 0 aliphatic carbocycles. The van der Waals surface area contributed by atoms with Crippen molar-refractivity contribution >= 4 is 34.9 Å². The second kappa shape index (κ2) is 7.60. The smallest absolute Gasteiger partial charge is 0.416 e. The molecule has 1 N–H and O–H groups in total. The molecular weight excluding hydrogens is 402 g/mol. The zero-order valence-corrected chi connectivity index (χ0v) is 15.8. The van der Waals surface area contributed by atoms with E-state index in [1.54, 1.807) is 19.1 Å². The molecule has 0 aromatic heterocycles. The van der Waals surface area contributed by atoms with Gasteiger partial charge in [-0.1, -0.05) is 41.4 Å². The first-order valence-electron chi connectivity index (χ1n) is 8.30. The summed E-state index contributed by atoms with van der Waals surface area (Å²) in [7, 11) is 0. The fraction of sp³-hybridized carbons (Fsp3) is 0.316. The number of ether oxygens (including phenoxy) is 1. The van der Waals surface area contributed by atoms with E-state index >= 15 is 0 Å². The van der Waals surface area contributed by atoms with Gasteiger partial charge in [0, 0.05) is 27.2 Å². The minimum absolute atomic E-state index is 0.203. The Bertz CT molecular complexity index is 871. The summed E-state index contributed by atoms with van der Waals surface area (Å²) in [5.41, 5.74) is 0.795. The molecule has 0 fully saturated rings. The Labute approximate surface area is 164 Å². The fourth-order valence-corrected chi connectivity index (χ4v) is 3.92. The van der Waals surface area contributed by atoms with Crippen molar-refractivity contribution in [3.05, 3.63) is 63.1 Å². The SMILES string of the molecule is CCOC(=O)C1CC(c2cccc(C(F)(F)F)c2)c2c(Cl)cc(Cl)cc2N1. The Hall–Kier alpha value is -1.92. The number of esters is 1. The third-order valence-corrected chi connectivity index (χ3v) is 4.96. The molecule has 0 spiro atoms. The molecule has 0 saturated carbocycles. The first kappa shape index (κ1) is 19.8. The number of nitrogens with one attached hydrogen (secondary N) is 1. The van der Waals surface area contributed by atoms with Gasteiger partial charge in [-0.15, -0.1) is 0 Å². The van der Waals surface area contributed by atoms with E-state index in [2.05, 4.69) is 5.32 Å². The van der Waals surface area contributed by atoms with Crippen LogP contribution in [-0.4, -0.2) is 18.6 Å². The molecule has 2 unspecified atom stereocenters. The summed E-state index contributed by atoms with van der Waals surface area (Å²) < 4.78 is 44.5. The zero-order chi connectivity index (χ0) is 19.8. The van der Waals surface area contributed by atoms with E-state index < -0.39 is 29.7 Å². The van der Waals surface area contributed by atoms with Crippen molar-refractivity contribution in [1.29, 1.82) is 0 Å². The van der Waals surface area contributed by atoms with Crippen LogP contribution >= 0.6 is 23.2 Å². The van der Waals surface area contributed by atoms with E-state index in [1.165, 1.54) is 12.1 Å². The largest absolute Gasteiger partial charge is 0.464 e. The molecule has 2 aromatic carbocycles. The first-order chi connectivity index (χ1) is 12.7. The molecule has 0 bridgehead atoms. The standard InChI is InChI=1S/C19H16Cl2F3NO2/c1-2-27-18(26)16-9-13(10-4-3-5-11(6-10)19(22,23)24)17-14(21)7-12(20)8-15(17)25-16/h3-8,13,16,25H,2,9H2,1H3. The van der Waals surface area contributed by atoms with E-state index in [-0.39, 0.29) is 13.0 Å². The number of halogens is 5. The quantitative estimate of drug-likeness (QED) is 0.632.